The Labute approximate surface area is 155 Å². The maximum atomic E-state index is 12.7. The Balaban J connectivity index is 1.84. The van der Waals surface area contributed by atoms with E-state index in [1.54, 1.807) is 36.7 Å². The maximum absolute atomic E-state index is 12.7. The van der Waals surface area contributed by atoms with Gasteiger partial charge in [0, 0.05) is 18.0 Å². The highest BCUT2D eigenvalue weighted by atomic mass is 32.2. The number of carbonyl (C=O) groups is 1. The number of hydrogen-bond donors (Lipinski definition) is 1. The Morgan fingerprint density at radius 2 is 2.20 bits per heavy atom. The molecule has 1 aliphatic rings. The highest BCUT2D eigenvalue weighted by Gasteiger charge is 2.32. The fourth-order valence-electron chi connectivity index (χ4n) is 2.38. The first-order valence-electron chi connectivity index (χ1n) is 7.69. The molecule has 0 unspecified atom stereocenters. The summed E-state index contributed by atoms with van der Waals surface area (Å²) in [6.45, 7) is 2.67. The minimum Gasteiger partial charge on any atom is -0.504 e. The third kappa shape index (κ3) is 3.83. The van der Waals surface area contributed by atoms with Crippen molar-refractivity contribution >= 4 is 40.3 Å². The molecule has 128 valence electrons. The fraction of sp³-hybridized carbons (Fsp3) is 0.167. The molecule has 1 amide bonds. The molecule has 1 aliphatic heterocycles. The van der Waals surface area contributed by atoms with Crippen molar-refractivity contribution in [2.75, 3.05) is 6.61 Å². The van der Waals surface area contributed by atoms with Crippen LogP contribution in [0, 0.1) is 0 Å². The number of phenols is 1. The molecule has 0 atom stereocenters. The van der Waals surface area contributed by atoms with E-state index in [0.29, 0.717) is 33.7 Å². The topological polar surface area (TPSA) is 62.7 Å². The van der Waals surface area contributed by atoms with Crippen LogP contribution in [0.1, 0.15) is 18.1 Å². The van der Waals surface area contributed by atoms with Crippen molar-refractivity contribution in [3.05, 3.63) is 58.8 Å². The van der Waals surface area contributed by atoms with Gasteiger partial charge < -0.3 is 9.84 Å². The van der Waals surface area contributed by atoms with Crippen LogP contribution in [-0.4, -0.2) is 31.8 Å². The van der Waals surface area contributed by atoms with Crippen LogP contribution in [0.3, 0.4) is 0 Å². The second-order valence-electron chi connectivity index (χ2n) is 5.26. The van der Waals surface area contributed by atoms with Crippen molar-refractivity contribution in [2.45, 2.75) is 13.5 Å². The summed E-state index contributed by atoms with van der Waals surface area (Å²) < 4.78 is 5.86. The number of thiocarbonyl (C=S) groups is 1. The summed E-state index contributed by atoms with van der Waals surface area (Å²) in [7, 11) is 0. The van der Waals surface area contributed by atoms with Gasteiger partial charge in [-0.05, 0) is 30.7 Å². The number of ether oxygens (including phenoxy) is 1. The van der Waals surface area contributed by atoms with E-state index in [4.69, 9.17) is 17.0 Å². The summed E-state index contributed by atoms with van der Waals surface area (Å²) in [5, 5.41) is 10.3. The lowest BCUT2D eigenvalue weighted by molar-refractivity contribution is -0.122. The molecule has 1 saturated heterocycles. The summed E-state index contributed by atoms with van der Waals surface area (Å²) in [5.74, 6) is 0.226. The Morgan fingerprint density at radius 1 is 1.36 bits per heavy atom. The molecule has 2 aromatic rings. The van der Waals surface area contributed by atoms with Gasteiger partial charge in [-0.2, -0.15) is 0 Å². The van der Waals surface area contributed by atoms with Crippen molar-refractivity contribution in [3.8, 4) is 11.5 Å². The van der Waals surface area contributed by atoms with Gasteiger partial charge in [0.2, 0.25) is 0 Å². The molecule has 0 bridgehead atoms. The van der Waals surface area contributed by atoms with Crippen LogP contribution >= 0.6 is 24.0 Å². The van der Waals surface area contributed by atoms with Crippen molar-refractivity contribution in [2.24, 2.45) is 0 Å². The summed E-state index contributed by atoms with van der Waals surface area (Å²) in [6.07, 6.45) is 5.03. The fourth-order valence-corrected chi connectivity index (χ4v) is 3.63. The first kappa shape index (κ1) is 17.4. The van der Waals surface area contributed by atoms with Crippen LogP contribution in [0.15, 0.2) is 47.6 Å². The smallest absolute Gasteiger partial charge is 0.266 e. The second kappa shape index (κ2) is 7.67. The van der Waals surface area contributed by atoms with Gasteiger partial charge in [0.15, 0.2) is 11.5 Å². The van der Waals surface area contributed by atoms with Crippen LogP contribution in [0.5, 0.6) is 11.5 Å². The zero-order valence-corrected chi connectivity index (χ0v) is 15.1. The van der Waals surface area contributed by atoms with E-state index in [0.717, 1.165) is 5.56 Å². The highest BCUT2D eigenvalue weighted by molar-refractivity contribution is 8.26. The van der Waals surface area contributed by atoms with Gasteiger partial charge in [-0.25, -0.2) is 0 Å². The Bertz CT molecular complexity index is 837. The molecular formula is C18H16N2O3S2. The first-order valence-corrected chi connectivity index (χ1v) is 8.91. The summed E-state index contributed by atoms with van der Waals surface area (Å²) >= 11 is 6.55. The van der Waals surface area contributed by atoms with Crippen LogP contribution in [0.2, 0.25) is 0 Å². The lowest BCUT2D eigenvalue weighted by Gasteiger charge is -2.13. The number of pyridine rings is 1. The summed E-state index contributed by atoms with van der Waals surface area (Å²) in [6, 6.07) is 8.90. The molecule has 1 aromatic heterocycles. The van der Waals surface area contributed by atoms with Crippen molar-refractivity contribution in [3.63, 3.8) is 0 Å². The predicted molar refractivity (Wildman–Crippen MR) is 102 cm³/mol. The number of carbonyl (C=O) groups excluding carboxylic acids is 1. The molecule has 0 radical (unpaired) electrons. The number of hydrogen-bond acceptors (Lipinski definition) is 6. The molecule has 0 aliphatic carbocycles. The van der Waals surface area contributed by atoms with Crippen molar-refractivity contribution in [1.29, 1.82) is 0 Å². The molecule has 5 nitrogen and oxygen atoms in total. The van der Waals surface area contributed by atoms with Gasteiger partial charge in [0.05, 0.1) is 18.1 Å². The van der Waals surface area contributed by atoms with E-state index in [1.807, 2.05) is 19.1 Å². The Kier molecular flexibility index (Phi) is 5.35. The minimum absolute atomic E-state index is 0.0156. The number of aromatic nitrogens is 1. The second-order valence-corrected chi connectivity index (χ2v) is 6.93. The number of aromatic hydroxyl groups is 1. The van der Waals surface area contributed by atoms with Gasteiger partial charge in [-0.1, -0.05) is 42.2 Å². The van der Waals surface area contributed by atoms with Gasteiger partial charge in [0.25, 0.3) is 5.91 Å². The Hall–Kier alpha value is -2.38. The number of rotatable bonds is 5. The van der Waals surface area contributed by atoms with E-state index in [2.05, 4.69) is 4.98 Å². The van der Waals surface area contributed by atoms with Crippen LogP contribution in [0.4, 0.5) is 0 Å². The van der Waals surface area contributed by atoms with Crippen LogP contribution in [-0.2, 0) is 11.3 Å². The third-order valence-corrected chi connectivity index (χ3v) is 4.93. The first-order chi connectivity index (χ1) is 12.1. The average molecular weight is 372 g/mol. The van der Waals surface area contributed by atoms with Crippen molar-refractivity contribution in [1.82, 2.24) is 9.88 Å². The molecule has 2 heterocycles. The molecular weight excluding hydrogens is 356 g/mol. The maximum Gasteiger partial charge on any atom is 0.266 e. The SMILES string of the molecule is CCOc1cccc(C=C2SC(=S)N(Cc3cccnc3)C2=O)c1O. The van der Waals surface area contributed by atoms with Crippen LogP contribution in [0.25, 0.3) is 6.08 Å². The molecule has 0 saturated carbocycles. The average Bonchev–Trinajstić information content (AvgIpc) is 2.87. The van der Waals surface area contributed by atoms with Gasteiger partial charge in [-0.15, -0.1) is 0 Å². The minimum atomic E-state index is -0.180. The quantitative estimate of drug-likeness (QED) is 0.639. The standard InChI is InChI=1S/C18H16N2O3S2/c1-2-23-14-7-3-6-13(16(14)21)9-15-17(22)20(18(24)25-15)11-12-5-4-8-19-10-12/h3-10,21H,2,11H2,1H3. The zero-order chi connectivity index (χ0) is 17.8. The van der Waals surface area contributed by atoms with Crippen LogP contribution < -0.4 is 4.74 Å². The molecule has 0 spiro atoms. The normalized spacial score (nSPS) is 15.9. The lowest BCUT2D eigenvalue weighted by Crippen LogP contribution is -2.27. The number of amides is 1. The lowest BCUT2D eigenvalue weighted by atomic mass is 10.1. The summed E-state index contributed by atoms with van der Waals surface area (Å²) in [5.41, 5.74) is 1.43. The Morgan fingerprint density at radius 3 is 2.92 bits per heavy atom. The molecule has 1 N–H and O–H groups in total. The van der Waals surface area contributed by atoms with Gasteiger partial charge in [0.1, 0.15) is 4.32 Å². The zero-order valence-electron chi connectivity index (χ0n) is 13.5. The largest absolute Gasteiger partial charge is 0.504 e. The van der Waals surface area contributed by atoms with Gasteiger partial charge >= 0.3 is 0 Å². The molecule has 1 fully saturated rings. The predicted octanol–water partition coefficient (Wildman–Crippen LogP) is 3.59. The van der Waals surface area contributed by atoms with E-state index in [1.165, 1.54) is 16.7 Å². The number of phenolic OH excluding ortho intramolecular Hbond substituents is 1. The number of para-hydroxylation sites is 1. The number of benzene rings is 1. The van der Waals surface area contributed by atoms with E-state index in [9.17, 15) is 9.90 Å². The van der Waals surface area contributed by atoms with E-state index >= 15 is 0 Å². The molecule has 3 rings (SSSR count). The van der Waals surface area contributed by atoms with E-state index in [-0.39, 0.29) is 11.7 Å². The number of thioether (sulfide) groups is 1. The summed E-state index contributed by atoms with van der Waals surface area (Å²) in [4.78, 5) is 18.7. The third-order valence-electron chi connectivity index (χ3n) is 3.55. The van der Waals surface area contributed by atoms with Gasteiger partial charge in [-0.3, -0.25) is 14.7 Å². The number of nitrogens with zero attached hydrogens (tertiary/aromatic N) is 2. The monoisotopic (exact) mass is 372 g/mol. The molecule has 1 aromatic carbocycles. The molecule has 25 heavy (non-hydrogen) atoms. The molecule has 7 heteroatoms. The van der Waals surface area contributed by atoms with E-state index < -0.39 is 0 Å². The highest BCUT2D eigenvalue weighted by Crippen LogP contribution is 2.37. The van der Waals surface area contributed by atoms with Crippen molar-refractivity contribution < 1.29 is 14.6 Å².